The van der Waals surface area contributed by atoms with Gasteiger partial charge in [-0.15, -0.1) is 0 Å². The van der Waals surface area contributed by atoms with Gasteiger partial charge in [-0.2, -0.15) is 11.8 Å². The lowest BCUT2D eigenvalue weighted by Gasteiger charge is -2.10. The molecular weight excluding hydrogens is 274 g/mol. The first-order chi connectivity index (χ1) is 7.27. The van der Waals surface area contributed by atoms with E-state index in [1.54, 1.807) is 0 Å². The van der Waals surface area contributed by atoms with Crippen molar-refractivity contribution in [1.29, 1.82) is 0 Å². The highest BCUT2D eigenvalue weighted by Gasteiger charge is 2.02. The third-order valence-electron chi connectivity index (χ3n) is 1.99. The number of halogens is 1. The van der Waals surface area contributed by atoms with Crippen LogP contribution in [-0.4, -0.2) is 18.6 Å². The molecule has 0 aliphatic rings. The van der Waals surface area contributed by atoms with E-state index >= 15 is 0 Å². The Bertz CT molecular complexity index is 307. The highest BCUT2D eigenvalue weighted by Crippen LogP contribution is 2.22. The largest absolute Gasteiger partial charge is 0.493 e. The van der Waals surface area contributed by atoms with Crippen molar-refractivity contribution in [2.75, 3.05) is 18.6 Å². The standard InChI is InChI=1S/C11H16BrNOS/c1-15-6-2-5-14-11-4-3-10(12)7-9(11)8-13/h3-4,7H,2,5-6,8,13H2,1H3. The van der Waals surface area contributed by atoms with Crippen LogP contribution in [-0.2, 0) is 6.54 Å². The monoisotopic (exact) mass is 289 g/mol. The van der Waals surface area contributed by atoms with Crippen LogP contribution in [0.3, 0.4) is 0 Å². The first-order valence-electron chi connectivity index (χ1n) is 4.88. The summed E-state index contributed by atoms with van der Waals surface area (Å²) in [4.78, 5) is 0. The second-order valence-corrected chi connectivity index (χ2v) is 5.05. The van der Waals surface area contributed by atoms with Crippen molar-refractivity contribution in [1.82, 2.24) is 0 Å². The molecule has 0 amide bonds. The van der Waals surface area contributed by atoms with Gasteiger partial charge in [0.25, 0.3) is 0 Å². The van der Waals surface area contributed by atoms with Crippen molar-refractivity contribution in [3.8, 4) is 5.75 Å². The summed E-state index contributed by atoms with van der Waals surface area (Å²) in [6.45, 7) is 1.27. The second kappa shape index (κ2) is 7.14. The van der Waals surface area contributed by atoms with Crippen molar-refractivity contribution >= 4 is 27.7 Å². The SMILES string of the molecule is CSCCCOc1ccc(Br)cc1CN. The van der Waals surface area contributed by atoms with Crippen molar-refractivity contribution in [3.63, 3.8) is 0 Å². The van der Waals surface area contributed by atoms with E-state index in [0.717, 1.165) is 34.6 Å². The van der Waals surface area contributed by atoms with Gasteiger partial charge >= 0.3 is 0 Å². The summed E-state index contributed by atoms with van der Waals surface area (Å²) >= 11 is 5.25. The van der Waals surface area contributed by atoms with Crippen molar-refractivity contribution in [2.24, 2.45) is 5.73 Å². The summed E-state index contributed by atoms with van der Waals surface area (Å²) in [7, 11) is 0. The number of hydrogen-bond donors (Lipinski definition) is 1. The van der Waals surface area contributed by atoms with E-state index in [2.05, 4.69) is 22.2 Å². The van der Waals surface area contributed by atoms with Crippen LogP contribution in [0.1, 0.15) is 12.0 Å². The molecule has 0 unspecified atom stereocenters. The summed E-state index contributed by atoms with van der Waals surface area (Å²) in [5.41, 5.74) is 6.69. The molecular formula is C11H16BrNOS. The Morgan fingerprint density at radius 3 is 2.93 bits per heavy atom. The molecule has 0 saturated heterocycles. The Labute approximate surface area is 104 Å². The van der Waals surface area contributed by atoms with Gasteiger partial charge in [-0.3, -0.25) is 0 Å². The summed E-state index contributed by atoms with van der Waals surface area (Å²) in [5.74, 6) is 2.04. The van der Waals surface area contributed by atoms with Crippen LogP contribution in [0.25, 0.3) is 0 Å². The van der Waals surface area contributed by atoms with Gasteiger partial charge in [0.05, 0.1) is 6.61 Å². The summed E-state index contributed by atoms with van der Waals surface area (Å²) in [6.07, 6.45) is 3.17. The highest BCUT2D eigenvalue weighted by molar-refractivity contribution is 9.10. The Hall–Kier alpha value is -0.190. The predicted molar refractivity (Wildman–Crippen MR) is 70.5 cm³/mol. The van der Waals surface area contributed by atoms with Crippen LogP contribution >= 0.6 is 27.7 Å². The molecule has 0 aliphatic carbocycles. The molecule has 0 fully saturated rings. The molecule has 0 aliphatic heterocycles. The van der Waals surface area contributed by atoms with E-state index < -0.39 is 0 Å². The maximum absolute atomic E-state index is 5.67. The third kappa shape index (κ3) is 4.45. The molecule has 0 heterocycles. The van der Waals surface area contributed by atoms with E-state index in [0.29, 0.717) is 6.54 Å². The van der Waals surface area contributed by atoms with Crippen molar-refractivity contribution in [2.45, 2.75) is 13.0 Å². The van der Waals surface area contributed by atoms with Crippen LogP contribution in [0, 0.1) is 0 Å². The minimum Gasteiger partial charge on any atom is -0.493 e. The van der Waals surface area contributed by atoms with Crippen molar-refractivity contribution in [3.05, 3.63) is 28.2 Å². The fourth-order valence-corrected chi connectivity index (χ4v) is 2.05. The van der Waals surface area contributed by atoms with E-state index in [4.69, 9.17) is 10.5 Å². The minimum absolute atomic E-state index is 0.511. The fourth-order valence-electron chi connectivity index (χ4n) is 1.23. The average molecular weight is 290 g/mol. The number of hydrogen-bond acceptors (Lipinski definition) is 3. The molecule has 0 bridgehead atoms. The molecule has 1 aromatic carbocycles. The van der Waals surface area contributed by atoms with Gasteiger partial charge in [-0.05, 0) is 36.6 Å². The Morgan fingerprint density at radius 2 is 2.27 bits per heavy atom. The van der Waals surface area contributed by atoms with Crippen LogP contribution in [0.5, 0.6) is 5.75 Å². The topological polar surface area (TPSA) is 35.2 Å². The van der Waals surface area contributed by atoms with E-state index in [1.807, 2.05) is 30.0 Å². The molecule has 0 aromatic heterocycles. The van der Waals surface area contributed by atoms with E-state index in [9.17, 15) is 0 Å². The van der Waals surface area contributed by atoms with Gasteiger partial charge in [0.1, 0.15) is 5.75 Å². The first-order valence-corrected chi connectivity index (χ1v) is 7.07. The molecule has 0 spiro atoms. The number of rotatable bonds is 6. The maximum Gasteiger partial charge on any atom is 0.123 e. The van der Waals surface area contributed by atoms with E-state index in [-0.39, 0.29) is 0 Å². The number of benzene rings is 1. The quantitative estimate of drug-likeness (QED) is 0.818. The molecule has 1 aromatic rings. The number of ether oxygens (including phenoxy) is 1. The van der Waals surface area contributed by atoms with Crippen LogP contribution < -0.4 is 10.5 Å². The average Bonchev–Trinajstić information content (AvgIpc) is 2.26. The van der Waals surface area contributed by atoms with Gasteiger partial charge in [0.15, 0.2) is 0 Å². The summed E-state index contributed by atoms with van der Waals surface area (Å²) < 4.78 is 6.71. The predicted octanol–water partition coefficient (Wildman–Crippen LogP) is 3.04. The molecule has 0 atom stereocenters. The normalized spacial score (nSPS) is 10.3. The molecule has 0 saturated carbocycles. The van der Waals surface area contributed by atoms with Gasteiger partial charge in [0, 0.05) is 16.6 Å². The molecule has 84 valence electrons. The summed E-state index contributed by atoms with van der Waals surface area (Å²) in [5, 5.41) is 0. The molecule has 1 rings (SSSR count). The fraction of sp³-hybridized carbons (Fsp3) is 0.455. The van der Waals surface area contributed by atoms with Gasteiger partial charge < -0.3 is 10.5 Å². The molecule has 0 radical (unpaired) electrons. The molecule has 2 N–H and O–H groups in total. The van der Waals surface area contributed by atoms with Gasteiger partial charge in [-0.25, -0.2) is 0 Å². The molecule has 4 heteroatoms. The van der Waals surface area contributed by atoms with E-state index in [1.165, 1.54) is 0 Å². The first kappa shape index (κ1) is 12.9. The Balaban J connectivity index is 2.52. The Kier molecular flexibility index (Phi) is 6.13. The lowest BCUT2D eigenvalue weighted by Crippen LogP contribution is -2.04. The lowest BCUT2D eigenvalue weighted by atomic mass is 10.2. The van der Waals surface area contributed by atoms with Gasteiger partial charge in [0.2, 0.25) is 0 Å². The smallest absolute Gasteiger partial charge is 0.123 e. The third-order valence-corrected chi connectivity index (χ3v) is 3.18. The van der Waals surface area contributed by atoms with Crippen LogP contribution in [0.4, 0.5) is 0 Å². The lowest BCUT2D eigenvalue weighted by molar-refractivity contribution is 0.315. The molecule has 2 nitrogen and oxygen atoms in total. The minimum atomic E-state index is 0.511. The second-order valence-electron chi connectivity index (χ2n) is 3.15. The zero-order valence-electron chi connectivity index (χ0n) is 8.83. The number of nitrogens with two attached hydrogens (primary N) is 1. The number of thioether (sulfide) groups is 1. The maximum atomic E-state index is 5.67. The van der Waals surface area contributed by atoms with Gasteiger partial charge in [-0.1, -0.05) is 15.9 Å². The van der Waals surface area contributed by atoms with Crippen LogP contribution in [0.15, 0.2) is 22.7 Å². The summed E-state index contributed by atoms with van der Waals surface area (Å²) in [6, 6.07) is 5.94. The molecule has 15 heavy (non-hydrogen) atoms. The highest BCUT2D eigenvalue weighted by atomic mass is 79.9. The zero-order chi connectivity index (χ0) is 11.1. The van der Waals surface area contributed by atoms with Crippen LogP contribution in [0.2, 0.25) is 0 Å². The Morgan fingerprint density at radius 1 is 1.47 bits per heavy atom. The van der Waals surface area contributed by atoms with Crippen molar-refractivity contribution < 1.29 is 4.74 Å². The zero-order valence-corrected chi connectivity index (χ0v) is 11.2.